The fourth-order valence-corrected chi connectivity index (χ4v) is 1.80. The van der Waals surface area contributed by atoms with E-state index in [1.54, 1.807) is 0 Å². The molecule has 0 aliphatic carbocycles. The molecule has 4 nitrogen and oxygen atoms in total. The van der Waals surface area contributed by atoms with Gasteiger partial charge in [-0.05, 0) is 49.9 Å². The summed E-state index contributed by atoms with van der Waals surface area (Å²) in [6.07, 6.45) is 0. The predicted octanol–water partition coefficient (Wildman–Crippen LogP) is 3.37. The fraction of sp³-hybridized carbons (Fsp3) is 0.375. The van der Waals surface area contributed by atoms with Crippen molar-refractivity contribution in [2.24, 2.45) is 0 Å². The zero-order valence-electron chi connectivity index (χ0n) is 12.0. The first-order chi connectivity index (χ1) is 9.81. The second-order valence-corrected chi connectivity index (χ2v) is 4.34. The van der Waals surface area contributed by atoms with E-state index >= 15 is 0 Å². The molecular formula is C16H21NO3. The smallest absolute Gasteiger partial charge is 0.146 e. The average molecular weight is 275 g/mol. The Balaban J connectivity index is 1.83. The third kappa shape index (κ3) is 4.31. The predicted molar refractivity (Wildman–Crippen MR) is 78.0 cm³/mol. The van der Waals surface area contributed by atoms with E-state index in [1.807, 2.05) is 43.3 Å². The second kappa shape index (κ2) is 7.60. The van der Waals surface area contributed by atoms with Gasteiger partial charge >= 0.3 is 0 Å². The molecule has 2 aromatic rings. The number of rotatable bonds is 8. The third-order valence-electron chi connectivity index (χ3n) is 2.78. The first-order valence-electron chi connectivity index (χ1n) is 6.95. The normalized spacial score (nSPS) is 10.5. The average Bonchev–Trinajstić information content (AvgIpc) is 2.93. The van der Waals surface area contributed by atoms with Crippen LogP contribution in [-0.4, -0.2) is 13.2 Å². The van der Waals surface area contributed by atoms with Gasteiger partial charge in [0.05, 0.1) is 13.2 Å². The van der Waals surface area contributed by atoms with Crippen molar-refractivity contribution >= 4 is 0 Å². The lowest BCUT2D eigenvalue weighted by Gasteiger charge is -2.06. The van der Waals surface area contributed by atoms with Crippen molar-refractivity contribution in [1.29, 1.82) is 0 Å². The van der Waals surface area contributed by atoms with Crippen molar-refractivity contribution in [2.45, 2.75) is 27.0 Å². The van der Waals surface area contributed by atoms with Gasteiger partial charge < -0.3 is 19.2 Å². The Labute approximate surface area is 119 Å². The molecule has 0 aliphatic heterocycles. The maximum Gasteiger partial charge on any atom is 0.146 e. The first-order valence-corrected chi connectivity index (χ1v) is 6.95. The highest BCUT2D eigenvalue weighted by Gasteiger charge is 2.03. The Hall–Kier alpha value is -1.94. The molecule has 0 fully saturated rings. The minimum absolute atomic E-state index is 0.431. The van der Waals surface area contributed by atoms with E-state index in [-0.39, 0.29) is 0 Å². The monoisotopic (exact) mass is 275 g/mol. The zero-order valence-corrected chi connectivity index (χ0v) is 12.0. The number of benzene rings is 1. The van der Waals surface area contributed by atoms with Gasteiger partial charge in [0.25, 0.3) is 0 Å². The number of hydrogen-bond acceptors (Lipinski definition) is 4. The number of ether oxygens (including phenoxy) is 2. The Bertz CT molecular complexity index is 505. The van der Waals surface area contributed by atoms with E-state index in [9.17, 15) is 0 Å². The van der Waals surface area contributed by atoms with Crippen LogP contribution >= 0.6 is 0 Å². The van der Waals surface area contributed by atoms with Gasteiger partial charge in [0.2, 0.25) is 0 Å². The molecule has 0 unspecified atom stereocenters. The van der Waals surface area contributed by atoms with Crippen LogP contribution in [0, 0.1) is 0 Å². The van der Waals surface area contributed by atoms with E-state index in [0.717, 1.165) is 36.1 Å². The quantitative estimate of drug-likeness (QED) is 0.802. The van der Waals surface area contributed by atoms with Gasteiger partial charge in [0.15, 0.2) is 0 Å². The van der Waals surface area contributed by atoms with Gasteiger partial charge in [-0.3, -0.25) is 0 Å². The largest absolute Gasteiger partial charge is 0.494 e. The zero-order chi connectivity index (χ0) is 14.2. The molecule has 0 bridgehead atoms. The minimum Gasteiger partial charge on any atom is -0.494 e. The number of hydrogen-bond donors (Lipinski definition) is 1. The summed E-state index contributed by atoms with van der Waals surface area (Å²) in [5, 5.41) is 3.22. The van der Waals surface area contributed by atoms with Crippen LogP contribution in [0.3, 0.4) is 0 Å². The van der Waals surface area contributed by atoms with Gasteiger partial charge in [-0.25, -0.2) is 0 Å². The molecule has 1 aromatic heterocycles. The summed E-state index contributed by atoms with van der Waals surface area (Å²) >= 11 is 0. The van der Waals surface area contributed by atoms with E-state index in [2.05, 4.69) is 12.2 Å². The van der Waals surface area contributed by atoms with E-state index in [4.69, 9.17) is 13.9 Å². The molecule has 108 valence electrons. The summed E-state index contributed by atoms with van der Waals surface area (Å²) in [6, 6.07) is 11.5. The molecule has 0 aliphatic rings. The van der Waals surface area contributed by atoms with Gasteiger partial charge in [-0.15, -0.1) is 0 Å². The van der Waals surface area contributed by atoms with Crippen LogP contribution in [0.15, 0.2) is 40.8 Å². The molecule has 4 heteroatoms. The second-order valence-electron chi connectivity index (χ2n) is 4.34. The van der Waals surface area contributed by atoms with Crippen molar-refractivity contribution in [2.75, 3.05) is 13.2 Å². The summed E-state index contributed by atoms with van der Waals surface area (Å²) in [4.78, 5) is 0. The maximum absolute atomic E-state index is 5.67. The standard InChI is InChI=1S/C16H21NO3/c1-3-17-11-15-9-10-16(20-15)12-19-14-7-5-13(6-8-14)18-4-2/h5-10,17H,3-4,11-12H2,1-2H3. The van der Waals surface area contributed by atoms with Crippen molar-refractivity contribution < 1.29 is 13.9 Å². The summed E-state index contributed by atoms with van der Waals surface area (Å²) in [6.45, 7) is 6.81. The molecule has 20 heavy (non-hydrogen) atoms. The molecule has 1 aromatic carbocycles. The van der Waals surface area contributed by atoms with Gasteiger partial charge in [-0.2, -0.15) is 0 Å². The molecule has 0 atom stereocenters. The van der Waals surface area contributed by atoms with Crippen LogP contribution in [0.5, 0.6) is 11.5 Å². The van der Waals surface area contributed by atoms with E-state index in [1.165, 1.54) is 0 Å². The Kier molecular flexibility index (Phi) is 5.50. The molecule has 1 N–H and O–H groups in total. The molecular weight excluding hydrogens is 254 g/mol. The molecule has 2 rings (SSSR count). The number of furan rings is 1. The number of nitrogens with one attached hydrogen (secondary N) is 1. The molecule has 0 saturated carbocycles. The van der Waals surface area contributed by atoms with Crippen molar-refractivity contribution in [3.8, 4) is 11.5 Å². The Morgan fingerprint density at radius 2 is 1.55 bits per heavy atom. The maximum atomic E-state index is 5.67. The molecule has 0 saturated heterocycles. The summed E-state index contributed by atoms with van der Waals surface area (Å²) < 4.78 is 16.7. The lowest BCUT2D eigenvalue weighted by atomic mass is 10.3. The van der Waals surface area contributed by atoms with Crippen LogP contribution in [-0.2, 0) is 13.2 Å². The van der Waals surface area contributed by atoms with Crippen LogP contribution in [0.1, 0.15) is 25.4 Å². The lowest BCUT2D eigenvalue weighted by Crippen LogP contribution is -2.10. The van der Waals surface area contributed by atoms with E-state index < -0.39 is 0 Å². The van der Waals surface area contributed by atoms with Crippen molar-refractivity contribution in [3.63, 3.8) is 0 Å². The molecule has 1 heterocycles. The first kappa shape index (κ1) is 14.5. The highest BCUT2D eigenvalue weighted by Crippen LogP contribution is 2.19. The molecule has 0 amide bonds. The van der Waals surface area contributed by atoms with Crippen LogP contribution in [0.25, 0.3) is 0 Å². The molecule has 0 radical (unpaired) electrons. The van der Waals surface area contributed by atoms with Crippen LogP contribution < -0.4 is 14.8 Å². The summed E-state index contributed by atoms with van der Waals surface area (Å²) in [5.41, 5.74) is 0. The topological polar surface area (TPSA) is 43.6 Å². The summed E-state index contributed by atoms with van der Waals surface area (Å²) in [7, 11) is 0. The van der Waals surface area contributed by atoms with Gasteiger partial charge in [0.1, 0.15) is 29.6 Å². The fourth-order valence-electron chi connectivity index (χ4n) is 1.80. The van der Waals surface area contributed by atoms with E-state index in [0.29, 0.717) is 13.2 Å². The highest BCUT2D eigenvalue weighted by atomic mass is 16.5. The van der Waals surface area contributed by atoms with Gasteiger partial charge in [-0.1, -0.05) is 6.92 Å². The van der Waals surface area contributed by atoms with Crippen LogP contribution in [0.4, 0.5) is 0 Å². The van der Waals surface area contributed by atoms with Crippen molar-refractivity contribution in [1.82, 2.24) is 5.32 Å². The lowest BCUT2D eigenvalue weighted by molar-refractivity contribution is 0.264. The van der Waals surface area contributed by atoms with Gasteiger partial charge in [0, 0.05) is 0 Å². The SMILES string of the molecule is CCNCc1ccc(COc2ccc(OCC)cc2)o1. The minimum atomic E-state index is 0.431. The summed E-state index contributed by atoms with van der Waals surface area (Å²) in [5.74, 6) is 3.41. The third-order valence-corrected chi connectivity index (χ3v) is 2.78. The Morgan fingerprint density at radius 1 is 0.900 bits per heavy atom. The Morgan fingerprint density at radius 3 is 2.20 bits per heavy atom. The van der Waals surface area contributed by atoms with Crippen LogP contribution in [0.2, 0.25) is 0 Å². The highest BCUT2D eigenvalue weighted by molar-refractivity contribution is 5.31. The molecule has 0 spiro atoms. The van der Waals surface area contributed by atoms with Crippen molar-refractivity contribution in [3.05, 3.63) is 47.9 Å².